The topological polar surface area (TPSA) is 76.4 Å². The van der Waals surface area contributed by atoms with Crippen LogP contribution in [0.3, 0.4) is 0 Å². The van der Waals surface area contributed by atoms with Gasteiger partial charge in [-0.25, -0.2) is 4.39 Å². The molecule has 4 rings (SSSR count). The molecular formula is C19H19F4N3O3. The molecule has 0 unspecified atom stereocenters. The highest BCUT2D eigenvalue weighted by molar-refractivity contribution is 5.94. The van der Waals surface area contributed by atoms with Gasteiger partial charge < -0.3 is 15.2 Å². The van der Waals surface area contributed by atoms with E-state index in [2.05, 4.69) is 10.4 Å². The molecule has 29 heavy (non-hydrogen) atoms. The third-order valence-electron chi connectivity index (χ3n) is 5.58. The van der Waals surface area contributed by atoms with Crippen LogP contribution >= 0.6 is 0 Å². The van der Waals surface area contributed by atoms with Crippen molar-refractivity contribution in [2.24, 2.45) is 13.0 Å². The minimum atomic E-state index is -4.82. The van der Waals surface area contributed by atoms with E-state index in [0.29, 0.717) is 17.8 Å². The molecule has 6 nitrogen and oxygen atoms in total. The van der Waals surface area contributed by atoms with Gasteiger partial charge in [0.2, 0.25) is 5.91 Å². The SMILES string of the molecule is Cc1nn(C)cc1[C@H]1[C@H]2O[C@H](C[C@@H]2O)[C@@H]1C(=O)Nc1ccc(C(F)(F)F)c(F)c1. The molecule has 2 aromatic rings. The summed E-state index contributed by atoms with van der Waals surface area (Å²) >= 11 is 0. The van der Waals surface area contributed by atoms with E-state index in [1.165, 1.54) is 0 Å². The van der Waals surface area contributed by atoms with Crippen LogP contribution in [0.15, 0.2) is 24.4 Å². The molecule has 0 radical (unpaired) electrons. The van der Waals surface area contributed by atoms with Gasteiger partial charge in [0.05, 0.1) is 35.5 Å². The van der Waals surface area contributed by atoms with Gasteiger partial charge in [-0.1, -0.05) is 0 Å². The van der Waals surface area contributed by atoms with Gasteiger partial charge in [-0.2, -0.15) is 18.3 Å². The fourth-order valence-corrected chi connectivity index (χ4v) is 4.41. The molecule has 156 valence electrons. The van der Waals surface area contributed by atoms with Gasteiger partial charge in [-0.05, 0) is 30.7 Å². The monoisotopic (exact) mass is 413 g/mol. The Labute approximate surface area is 163 Å². The van der Waals surface area contributed by atoms with Gasteiger partial charge in [0, 0.05) is 31.3 Å². The Kier molecular flexibility index (Phi) is 4.66. The maximum absolute atomic E-state index is 13.8. The maximum Gasteiger partial charge on any atom is 0.419 e. The number of amides is 1. The molecular weight excluding hydrogens is 394 g/mol. The number of aryl methyl sites for hydroxylation is 2. The Morgan fingerprint density at radius 3 is 2.69 bits per heavy atom. The average molecular weight is 413 g/mol. The van der Waals surface area contributed by atoms with E-state index in [-0.39, 0.29) is 12.1 Å². The highest BCUT2D eigenvalue weighted by Gasteiger charge is 2.57. The quantitative estimate of drug-likeness (QED) is 0.759. The lowest BCUT2D eigenvalue weighted by Crippen LogP contribution is -2.41. The number of ether oxygens (including phenoxy) is 1. The van der Waals surface area contributed by atoms with Crippen molar-refractivity contribution in [3.8, 4) is 0 Å². The third kappa shape index (κ3) is 3.40. The van der Waals surface area contributed by atoms with Gasteiger partial charge in [0.25, 0.3) is 0 Å². The number of carbonyl (C=O) groups excluding carboxylic acids is 1. The van der Waals surface area contributed by atoms with E-state index < -0.39 is 53.6 Å². The maximum atomic E-state index is 13.8. The number of nitrogens with one attached hydrogen (secondary N) is 1. The summed E-state index contributed by atoms with van der Waals surface area (Å²) in [5.41, 5.74) is -0.0204. The van der Waals surface area contributed by atoms with Crippen molar-refractivity contribution >= 4 is 11.6 Å². The second-order valence-electron chi connectivity index (χ2n) is 7.52. The third-order valence-corrected chi connectivity index (χ3v) is 5.58. The molecule has 0 spiro atoms. The molecule has 1 aromatic heterocycles. The lowest BCUT2D eigenvalue weighted by molar-refractivity contribution is -0.140. The zero-order valence-corrected chi connectivity index (χ0v) is 15.6. The summed E-state index contributed by atoms with van der Waals surface area (Å²) in [6.07, 6.45) is -4.63. The van der Waals surface area contributed by atoms with Gasteiger partial charge in [0.1, 0.15) is 5.82 Å². The van der Waals surface area contributed by atoms with Gasteiger partial charge >= 0.3 is 6.18 Å². The van der Waals surface area contributed by atoms with Crippen molar-refractivity contribution in [1.29, 1.82) is 0 Å². The summed E-state index contributed by atoms with van der Waals surface area (Å²) in [6.45, 7) is 1.79. The fraction of sp³-hybridized carbons (Fsp3) is 0.474. The Hall–Kier alpha value is -2.46. The second kappa shape index (κ2) is 6.81. The summed E-state index contributed by atoms with van der Waals surface area (Å²) in [7, 11) is 1.74. The van der Waals surface area contributed by atoms with Crippen molar-refractivity contribution in [3.63, 3.8) is 0 Å². The predicted octanol–water partition coefficient (Wildman–Crippen LogP) is 2.76. The first kappa shape index (κ1) is 19.8. The van der Waals surface area contributed by atoms with Crippen LogP contribution in [0.2, 0.25) is 0 Å². The van der Waals surface area contributed by atoms with Gasteiger partial charge in [-0.3, -0.25) is 9.48 Å². The minimum absolute atomic E-state index is 0.0783. The summed E-state index contributed by atoms with van der Waals surface area (Å²) in [5, 5.41) is 17.0. The minimum Gasteiger partial charge on any atom is -0.390 e. The van der Waals surface area contributed by atoms with Gasteiger partial charge in [-0.15, -0.1) is 0 Å². The normalized spacial score (nSPS) is 28.7. The first-order valence-corrected chi connectivity index (χ1v) is 9.07. The van der Waals surface area contributed by atoms with Crippen LogP contribution in [0, 0.1) is 18.7 Å². The highest BCUT2D eigenvalue weighted by Crippen LogP contribution is 2.50. The molecule has 1 amide bonds. The zero-order chi connectivity index (χ0) is 21.1. The number of aromatic nitrogens is 2. The summed E-state index contributed by atoms with van der Waals surface area (Å²) in [6, 6.07) is 2.25. The number of benzene rings is 1. The largest absolute Gasteiger partial charge is 0.419 e. The first-order chi connectivity index (χ1) is 13.6. The number of aliphatic hydroxyl groups is 1. The van der Waals surface area contributed by atoms with Crippen molar-refractivity contribution < 1.29 is 32.2 Å². The van der Waals surface area contributed by atoms with E-state index >= 15 is 0 Å². The second-order valence-corrected chi connectivity index (χ2v) is 7.52. The molecule has 2 aliphatic heterocycles. The zero-order valence-electron chi connectivity index (χ0n) is 15.6. The molecule has 10 heteroatoms. The molecule has 2 saturated heterocycles. The molecule has 2 bridgehead atoms. The number of rotatable bonds is 3. The number of hydrogen-bond donors (Lipinski definition) is 2. The number of aliphatic hydroxyl groups excluding tert-OH is 1. The van der Waals surface area contributed by atoms with Crippen LogP contribution in [-0.4, -0.2) is 39.1 Å². The van der Waals surface area contributed by atoms with E-state index in [4.69, 9.17) is 4.74 Å². The van der Waals surface area contributed by atoms with E-state index in [0.717, 1.165) is 11.6 Å². The summed E-state index contributed by atoms with van der Waals surface area (Å²) in [5.74, 6) is -3.11. The fourth-order valence-electron chi connectivity index (χ4n) is 4.41. The molecule has 2 fully saturated rings. The van der Waals surface area contributed by atoms with E-state index in [1.54, 1.807) is 24.9 Å². The number of anilines is 1. The van der Waals surface area contributed by atoms with Gasteiger partial charge in [0.15, 0.2) is 0 Å². The lowest BCUT2D eigenvalue weighted by atomic mass is 9.74. The van der Waals surface area contributed by atoms with Crippen molar-refractivity contribution in [1.82, 2.24) is 9.78 Å². The van der Waals surface area contributed by atoms with Crippen molar-refractivity contribution in [2.75, 3.05) is 5.32 Å². The van der Waals surface area contributed by atoms with Crippen molar-refractivity contribution in [2.45, 2.75) is 43.8 Å². The molecule has 2 N–H and O–H groups in total. The molecule has 0 saturated carbocycles. The predicted molar refractivity (Wildman–Crippen MR) is 93.5 cm³/mol. The molecule has 5 atom stereocenters. The van der Waals surface area contributed by atoms with Crippen LogP contribution in [0.1, 0.15) is 29.2 Å². The van der Waals surface area contributed by atoms with Crippen LogP contribution in [0.5, 0.6) is 0 Å². The Morgan fingerprint density at radius 1 is 1.38 bits per heavy atom. The number of fused-ring (bicyclic) bond motifs is 2. The molecule has 0 aliphatic carbocycles. The summed E-state index contributed by atoms with van der Waals surface area (Å²) in [4.78, 5) is 13.0. The summed E-state index contributed by atoms with van der Waals surface area (Å²) < 4.78 is 59.4. The molecule has 1 aromatic carbocycles. The standard InChI is InChI=1S/C19H19F4N3O3/c1-8-10(7-26(2)25-8)15-16(14-6-13(27)17(15)29-14)18(28)24-9-3-4-11(12(20)5-9)19(21,22)23/h3-5,7,13-17,27H,6H2,1-2H3,(H,24,28)/t13-,14+,15+,16-,17-/m0/s1. The van der Waals surface area contributed by atoms with Crippen LogP contribution < -0.4 is 5.32 Å². The molecule has 2 aliphatic rings. The number of hydrogen-bond acceptors (Lipinski definition) is 4. The number of nitrogens with zero attached hydrogens (tertiary/aromatic N) is 2. The number of halogens is 4. The van der Waals surface area contributed by atoms with E-state index in [1.807, 2.05) is 0 Å². The van der Waals surface area contributed by atoms with Crippen LogP contribution in [-0.2, 0) is 22.8 Å². The average Bonchev–Trinajstić information content (AvgIpc) is 3.24. The number of alkyl halides is 3. The Morgan fingerprint density at radius 2 is 2.10 bits per heavy atom. The van der Waals surface area contributed by atoms with Crippen LogP contribution in [0.25, 0.3) is 0 Å². The lowest BCUT2D eigenvalue weighted by Gasteiger charge is -2.29. The van der Waals surface area contributed by atoms with E-state index in [9.17, 15) is 27.5 Å². The van der Waals surface area contributed by atoms with Crippen LogP contribution in [0.4, 0.5) is 23.2 Å². The number of carbonyl (C=O) groups is 1. The highest BCUT2D eigenvalue weighted by atomic mass is 19.4. The first-order valence-electron chi connectivity index (χ1n) is 9.07. The molecule has 3 heterocycles. The Balaban J connectivity index is 1.60. The van der Waals surface area contributed by atoms with Crippen molar-refractivity contribution in [3.05, 3.63) is 47.0 Å². The Bertz CT molecular complexity index is 959. The smallest absolute Gasteiger partial charge is 0.390 e.